The highest BCUT2D eigenvalue weighted by Gasteiger charge is 2.27. The average Bonchev–Trinajstić information content (AvgIpc) is 2.29. The van der Waals surface area contributed by atoms with Gasteiger partial charge in [-0.1, -0.05) is 6.07 Å². The second kappa shape index (κ2) is 8.39. The Morgan fingerprint density at radius 2 is 1.57 bits per heavy atom. The number of phosphoric acid groups is 2. The fourth-order valence-electron chi connectivity index (χ4n) is 1.18. The van der Waals surface area contributed by atoms with Crippen LogP contribution in [0.25, 0.3) is 0 Å². The number of phenolic OH excluding ortho intramolecular Hbond substituents is 2. The molecule has 0 aliphatic heterocycles. The smallest absolute Gasteiger partial charge is 0.478 e. The molecule has 1 aromatic carbocycles. The van der Waals surface area contributed by atoms with Crippen LogP contribution in [-0.4, -0.2) is 46.9 Å². The molecule has 132 valence electrons. The van der Waals surface area contributed by atoms with E-state index in [1.54, 1.807) is 0 Å². The predicted molar refractivity (Wildman–Crippen MR) is 74.3 cm³/mol. The minimum absolute atomic E-state index is 0.114. The number of rotatable bonds is 5. The molecule has 1 atom stereocenters. The van der Waals surface area contributed by atoms with E-state index in [4.69, 9.17) is 40.6 Å². The minimum Gasteiger partial charge on any atom is -0.504 e. The molecule has 0 fully saturated rings. The van der Waals surface area contributed by atoms with Gasteiger partial charge in [-0.2, -0.15) is 4.31 Å². The van der Waals surface area contributed by atoms with Crippen LogP contribution in [-0.2, 0) is 24.7 Å². The standard InChI is InChI=1S/C9H11NO4.H4O7P2/c10-6(9(13)14)3-5-1-2-7(11)8(12)4-5;1-8(2,3)7-9(4,5)6/h1-2,4,6,11-12H,3,10H2,(H,13,14);(H2,1,2,3)(H2,4,5,6). The van der Waals surface area contributed by atoms with Gasteiger partial charge in [0.15, 0.2) is 11.5 Å². The van der Waals surface area contributed by atoms with Gasteiger partial charge in [0.25, 0.3) is 0 Å². The number of aliphatic carboxylic acids is 1. The molecule has 0 amide bonds. The molecule has 0 aliphatic carbocycles. The highest BCUT2D eigenvalue weighted by atomic mass is 31.3. The van der Waals surface area contributed by atoms with Crippen LogP contribution in [0.5, 0.6) is 11.5 Å². The maximum Gasteiger partial charge on any atom is 0.478 e. The number of aromatic hydroxyl groups is 2. The number of phenols is 2. The summed E-state index contributed by atoms with van der Waals surface area (Å²) in [6.45, 7) is 0. The summed E-state index contributed by atoms with van der Waals surface area (Å²) in [6.07, 6.45) is 0.114. The van der Waals surface area contributed by atoms with Crippen molar-refractivity contribution >= 4 is 21.6 Å². The molecule has 0 saturated carbocycles. The third-order valence-corrected chi connectivity index (χ3v) is 3.73. The van der Waals surface area contributed by atoms with Gasteiger partial charge < -0.3 is 40.6 Å². The Labute approximate surface area is 129 Å². The number of hydrogen-bond acceptors (Lipinski definition) is 7. The van der Waals surface area contributed by atoms with Gasteiger partial charge >= 0.3 is 21.6 Å². The normalized spacial score (nSPS) is 12.9. The summed E-state index contributed by atoms with van der Waals surface area (Å²) in [6, 6.07) is 3.09. The van der Waals surface area contributed by atoms with Gasteiger partial charge in [0.2, 0.25) is 0 Å². The van der Waals surface area contributed by atoms with Crippen molar-refractivity contribution in [3.05, 3.63) is 23.8 Å². The maximum atomic E-state index is 10.4. The monoisotopic (exact) mass is 375 g/mol. The number of carboxylic acid groups (broad SMARTS) is 1. The second-order valence-corrected chi connectivity index (χ2v) is 6.65. The van der Waals surface area contributed by atoms with Crippen molar-refractivity contribution in [3.63, 3.8) is 0 Å². The summed E-state index contributed by atoms with van der Waals surface area (Å²) >= 11 is 0. The third-order valence-electron chi connectivity index (χ3n) is 2.03. The Balaban J connectivity index is 0.000000468. The summed E-state index contributed by atoms with van der Waals surface area (Å²) < 4.78 is 22.2. The summed E-state index contributed by atoms with van der Waals surface area (Å²) in [5.41, 5.74) is 5.86. The number of nitrogens with two attached hydrogens (primary N) is 1. The molecule has 0 aromatic heterocycles. The number of carboxylic acids is 1. The van der Waals surface area contributed by atoms with Gasteiger partial charge in [0.05, 0.1) is 0 Å². The Bertz CT molecular complexity index is 616. The first-order valence-electron chi connectivity index (χ1n) is 5.53. The lowest BCUT2D eigenvalue weighted by Gasteiger charge is -2.06. The highest BCUT2D eigenvalue weighted by molar-refractivity contribution is 7.60. The molecule has 0 heterocycles. The van der Waals surface area contributed by atoms with Crippen LogP contribution in [0.3, 0.4) is 0 Å². The zero-order valence-electron chi connectivity index (χ0n) is 11.3. The van der Waals surface area contributed by atoms with Gasteiger partial charge in [0, 0.05) is 0 Å². The third kappa shape index (κ3) is 10.8. The van der Waals surface area contributed by atoms with Crippen LogP contribution in [0, 0.1) is 0 Å². The first-order chi connectivity index (χ1) is 10.2. The van der Waals surface area contributed by atoms with Gasteiger partial charge in [0.1, 0.15) is 6.04 Å². The Morgan fingerprint density at radius 3 is 1.87 bits per heavy atom. The topological polar surface area (TPSA) is 228 Å². The average molecular weight is 375 g/mol. The van der Waals surface area contributed by atoms with Crippen molar-refractivity contribution in [1.29, 1.82) is 0 Å². The number of benzene rings is 1. The summed E-state index contributed by atoms with van der Waals surface area (Å²) in [5, 5.41) is 26.6. The van der Waals surface area contributed by atoms with Crippen LogP contribution >= 0.6 is 15.6 Å². The van der Waals surface area contributed by atoms with E-state index in [1.165, 1.54) is 18.2 Å². The van der Waals surface area contributed by atoms with Crippen molar-refractivity contribution in [3.8, 4) is 11.5 Å². The van der Waals surface area contributed by atoms with E-state index in [-0.39, 0.29) is 17.9 Å². The second-order valence-electron chi connectivity index (χ2n) is 4.03. The van der Waals surface area contributed by atoms with E-state index in [1.807, 2.05) is 0 Å². The summed E-state index contributed by atoms with van der Waals surface area (Å²) in [4.78, 5) is 41.4. The molecule has 23 heavy (non-hydrogen) atoms. The first kappa shape index (κ1) is 21.5. The van der Waals surface area contributed by atoms with Crippen LogP contribution in [0.2, 0.25) is 0 Å². The summed E-state index contributed by atoms with van der Waals surface area (Å²) in [7, 11) is -10.1. The highest BCUT2D eigenvalue weighted by Crippen LogP contribution is 2.53. The van der Waals surface area contributed by atoms with Crippen molar-refractivity contribution in [2.75, 3.05) is 0 Å². The van der Waals surface area contributed by atoms with E-state index in [2.05, 4.69) is 4.31 Å². The molecule has 14 heteroatoms. The molecular weight excluding hydrogens is 360 g/mol. The van der Waals surface area contributed by atoms with E-state index < -0.39 is 27.7 Å². The molecule has 1 unspecified atom stereocenters. The van der Waals surface area contributed by atoms with Crippen LogP contribution in [0.1, 0.15) is 5.56 Å². The Kier molecular flexibility index (Phi) is 7.84. The molecule has 0 radical (unpaired) electrons. The van der Waals surface area contributed by atoms with Gasteiger partial charge in [-0.25, -0.2) is 9.13 Å². The zero-order chi connectivity index (χ0) is 18.4. The quantitative estimate of drug-likeness (QED) is 0.234. The van der Waals surface area contributed by atoms with Crippen molar-refractivity contribution in [2.24, 2.45) is 5.73 Å². The van der Waals surface area contributed by atoms with Crippen molar-refractivity contribution in [1.82, 2.24) is 0 Å². The molecule has 9 N–H and O–H groups in total. The van der Waals surface area contributed by atoms with Crippen LogP contribution < -0.4 is 5.73 Å². The first-order valence-corrected chi connectivity index (χ1v) is 8.59. The van der Waals surface area contributed by atoms with Gasteiger partial charge in [-0.05, 0) is 24.1 Å². The lowest BCUT2D eigenvalue weighted by Crippen LogP contribution is -2.32. The van der Waals surface area contributed by atoms with Gasteiger partial charge in [-0.3, -0.25) is 4.79 Å². The fraction of sp³-hybridized carbons (Fsp3) is 0.222. The number of hydrogen-bond donors (Lipinski definition) is 8. The number of carbonyl (C=O) groups is 1. The van der Waals surface area contributed by atoms with E-state index >= 15 is 0 Å². The molecule has 0 bridgehead atoms. The predicted octanol–water partition coefficient (Wildman–Crippen LogP) is -0.759. The SMILES string of the molecule is NC(Cc1ccc(O)c(O)c1)C(=O)O.O=P(O)(O)OP(=O)(O)O. The Hall–Kier alpha value is -1.49. The van der Waals surface area contributed by atoms with E-state index in [0.29, 0.717) is 5.56 Å². The lowest BCUT2D eigenvalue weighted by molar-refractivity contribution is -0.138. The Morgan fingerprint density at radius 1 is 1.09 bits per heavy atom. The van der Waals surface area contributed by atoms with E-state index in [0.717, 1.165) is 0 Å². The molecule has 0 spiro atoms. The lowest BCUT2D eigenvalue weighted by atomic mass is 10.1. The fourth-order valence-corrected chi connectivity index (χ4v) is 2.28. The molecule has 12 nitrogen and oxygen atoms in total. The van der Waals surface area contributed by atoms with Crippen molar-refractivity contribution in [2.45, 2.75) is 12.5 Å². The molecule has 0 saturated heterocycles. The summed E-state index contributed by atoms with van der Waals surface area (Å²) in [5.74, 6) is -1.62. The van der Waals surface area contributed by atoms with Gasteiger partial charge in [-0.15, -0.1) is 0 Å². The van der Waals surface area contributed by atoms with Crippen LogP contribution in [0.4, 0.5) is 0 Å². The van der Waals surface area contributed by atoms with Crippen LogP contribution in [0.15, 0.2) is 18.2 Å². The zero-order valence-corrected chi connectivity index (χ0v) is 13.0. The van der Waals surface area contributed by atoms with E-state index in [9.17, 15) is 13.9 Å². The largest absolute Gasteiger partial charge is 0.504 e. The molecule has 1 aromatic rings. The molecule has 1 rings (SSSR count). The molecule has 0 aliphatic rings. The minimum atomic E-state index is -5.05. The maximum absolute atomic E-state index is 10.4. The van der Waals surface area contributed by atoms with Crippen molar-refractivity contribution < 1.29 is 53.1 Å². The molecular formula is C9H15NO11P2.